The van der Waals surface area contributed by atoms with Gasteiger partial charge in [0.05, 0.1) is 11.2 Å². The molecule has 36 heavy (non-hydrogen) atoms. The van der Waals surface area contributed by atoms with Crippen LogP contribution < -0.4 is 11.1 Å². The van der Waals surface area contributed by atoms with Crippen molar-refractivity contribution in [2.45, 2.75) is 49.6 Å². The Kier molecular flexibility index (Phi) is 5.06. The van der Waals surface area contributed by atoms with Crippen LogP contribution in [0.15, 0.2) is 51.8 Å². The smallest absolute Gasteiger partial charge is 0.286 e. The zero-order chi connectivity index (χ0) is 25.4. The highest BCUT2D eigenvalue weighted by molar-refractivity contribution is 7.90. The number of amidine groups is 1. The lowest BCUT2D eigenvalue weighted by Gasteiger charge is -2.55. The maximum Gasteiger partial charge on any atom is 0.286 e. The monoisotopic (exact) mass is 510 g/mol. The number of nitrogens with zero attached hydrogens (tertiary/aromatic N) is 2. The fourth-order valence-corrected chi connectivity index (χ4v) is 8.42. The number of hydrogen-bond donors (Lipinski definition) is 2. The number of benzene rings is 2. The van der Waals surface area contributed by atoms with Crippen LogP contribution in [0.5, 0.6) is 0 Å². The van der Waals surface area contributed by atoms with Crippen molar-refractivity contribution in [2.75, 3.05) is 11.1 Å². The standard InChI is InChI=1S/C26H27FN4O4S/c1-2-26-16-6-5-15(11-16)22(26)23(32)21(25(33)31(26)13-14-3-7-17(27)8-4-14)24-29-19-10-9-18(28)12-20(19)36(34,35)30-24/h3-4,7-10,12,15-16,21-22H,2,5-6,11,13,28H2,1H3,(H,29,30). The molecule has 1 saturated heterocycles. The van der Waals surface area contributed by atoms with E-state index in [9.17, 15) is 22.4 Å². The number of carbonyl (C=O) groups excluding carboxylic acids is 2. The van der Waals surface area contributed by atoms with Gasteiger partial charge in [0.15, 0.2) is 11.7 Å². The Bertz CT molecular complexity index is 1420. The second-order valence-corrected chi connectivity index (χ2v) is 11.9. The van der Waals surface area contributed by atoms with Crippen molar-refractivity contribution >= 4 is 38.9 Å². The number of rotatable bonds is 4. The fraction of sp³-hybridized carbons (Fsp3) is 0.423. The Morgan fingerprint density at radius 1 is 1.17 bits per heavy atom. The Morgan fingerprint density at radius 2 is 1.92 bits per heavy atom. The third kappa shape index (κ3) is 3.16. The molecule has 0 aromatic heterocycles. The highest BCUT2D eigenvalue weighted by Crippen LogP contribution is 2.61. The first-order valence-corrected chi connectivity index (χ1v) is 13.7. The van der Waals surface area contributed by atoms with Crippen LogP contribution in [0.4, 0.5) is 15.8 Å². The van der Waals surface area contributed by atoms with E-state index in [1.165, 1.54) is 24.3 Å². The molecule has 0 spiro atoms. The number of Topliss-reactive ketones (excluding diaryl/α,β-unsaturated/α-hetero) is 1. The van der Waals surface area contributed by atoms with E-state index in [-0.39, 0.29) is 52.1 Å². The maximum absolute atomic E-state index is 14.2. The van der Waals surface area contributed by atoms with Gasteiger partial charge in [-0.1, -0.05) is 19.1 Å². The maximum atomic E-state index is 14.2. The number of hydrogen-bond acceptors (Lipinski definition) is 6. The van der Waals surface area contributed by atoms with Gasteiger partial charge < -0.3 is 16.0 Å². The quantitative estimate of drug-likeness (QED) is 0.481. The molecule has 3 N–H and O–H groups in total. The number of likely N-dealkylation sites (tertiary alicyclic amines) is 1. The lowest BCUT2D eigenvalue weighted by molar-refractivity contribution is -0.164. The summed E-state index contributed by atoms with van der Waals surface area (Å²) in [6.45, 7) is 2.22. The molecule has 0 radical (unpaired) electrons. The third-order valence-electron chi connectivity index (χ3n) is 8.66. The van der Waals surface area contributed by atoms with E-state index >= 15 is 0 Å². The predicted molar refractivity (Wildman–Crippen MR) is 132 cm³/mol. The average molecular weight is 511 g/mol. The normalized spacial score (nSPS) is 32.1. The first kappa shape index (κ1) is 23.1. The molecule has 2 aliphatic heterocycles. The minimum atomic E-state index is -4.16. The number of nitrogen functional groups attached to an aromatic ring is 1. The fourth-order valence-electron chi connectivity index (χ4n) is 7.23. The summed E-state index contributed by atoms with van der Waals surface area (Å²) >= 11 is 0. The third-order valence-corrected chi connectivity index (χ3v) is 9.99. The number of sulfonamides is 1. The van der Waals surface area contributed by atoms with Gasteiger partial charge in [-0.15, -0.1) is 4.40 Å². The number of ketones is 1. The van der Waals surface area contributed by atoms with Gasteiger partial charge >= 0.3 is 0 Å². The van der Waals surface area contributed by atoms with Crippen molar-refractivity contribution in [2.24, 2.45) is 28.1 Å². The van der Waals surface area contributed by atoms with Gasteiger partial charge in [-0.2, -0.15) is 8.42 Å². The summed E-state index contributed by atoms with van der Waals surface area (Å²) in [4.78, 5) is 29.9. The number of amides is 1. The van der Waals surface area contributed by atoms with Crippen LogP contribution in [0, 0.1) is 29.5 Å². The molecule has 4 aliphatic rings. The van der Waals surface area contributed by atoms with Gasteiger partial charge in [0.2, 0.25) is 5.91 Å². The molecular formula is C26H27FN4O4S. The highest BCUT2D eigenvalue weighted by atomic mass is 32.2. The summed E-state index contributed by atoms with van der Waals surface area (Å²) in [6, 6.07) is 10.4. The van der Waals surface area contributed by atoms with Gasteiger partial charge in [0.1, 0.15) is 16.5 Å². The van der Waals surface area contributed by atoms with Crippen molar-refractivity contribution < 1.29 is 22.4 Å². The number of piperidine rings is 1. The molecule has 10 heteroatoms. The summed E-state index contributed by atoms with van der Waals surface area (Å²) in [5.74, 6) is -2.68. The molecule has 2 aromatic rings. The molecule has 3 fully saturated rings. The van der Waals surface area contributed by atoms with Gasteiger partial charge in [0.25, 0.3) is 10.0 Å². The van der Waals surface area contributed by atoms with Crippen LogP contribution in [0.25, 0.3) is 0 Å². The van der Waals surface area contributed by atoms with Crippen molar-refractivity contribution in [3.63, 3.8) is 0 Å². The lowest BCUT2D eigenvalue weighted by atomic mass is 9.63. The van der Waals surface area contributed by atoms with Crippen molar-refractivity contribution in [3.05, 3.63) is 53.8 Å². The average Bonchev–Trinajstić information content (AvgIpc) is 3.44. The number of halogens is 1. The predicted octanol–water partition coefficient (Wildman–Crippen LogP) is 3.34. The van der Waals surface area contributed by atoms with Crippen LogP contribution >= 0.6 is 0 Å². The van der Waals surface area contributed by atoms with Gasteiger partial charge in [-0.05, 0) is 73.4 Å². The molecule has 1 amide bonds. The molecule has 5 atom stereocenters. The number of carbonyl (C=O) groups is 2. The first-order chi connectivity index (χ1) is 17.2. The van der Waals surface area contributed by atoms with Crippen LogP contribution in [-0.4, -0.2) is 36.4 Å². The van der Waals surface area contributed by atoms with E-state index in [4.69, 9.17) is 5.73 Å². The van der Waals surface area contributed by atoms with Crippen LogP contribution in [0.3, 0.4) is 0 Å². The van der Waals surface area contributed by atoms with Crippen LogP contribution in [-0.2, 0) is 26.2 Å². The second-order valence-electron chi connectivity index (χ2n) is 10.3. The Labute approximate surface area is 208 Å². The van der Waals surface area contributed by atoms with E-state index in [1.807, 2.05) is 6.92 Å². The summed E-state index contributed by atoms with van der Waals surface area (Å²) in [6.07, 6.45) is 3.34. The molecule has 5 unspecified atom stereocenters. The van der Waals surface area contributed by atoms with Crippen LogP contribution in [0.2, 0.25) is 0 Å². The van der Waals surface area contributed by atoms with Gasteiger partial charge in [0, 0.05) is 18.2 Å². The van der Waals surface area contributed by atoms with Crippen molar-refractivity contribution in [3.8, 4) is 0 Å². The molecule has 6 rings (SSSR count). The molecule has 188 valence electrons. The minimum Gasteiger partial charge on any atom is -0.399 e. The van der Waals surface area contributed by atoms with E-state index < -0.39 is 33.3 Å². The SMILES string of the molecule is CCC12C3CCC(C3)C1C(=O)C(C1=NS(=O)(=O)c3cc(N)ccc3N1)C(=O)N2Cc1ccc(F)cc1. The molecule has 2 saturated carbocycles. The highest BCUT2D eigenvalue weighted by Gasteiger charge is 2.68. The minimum absolute atomic E-state index is 0.0899. The van der Waals surface area contributed by atoms with Crippen LogP contribution in [0.1, 0.15) is 38.2 Å². The summed E-state index contributed by atoms with van der Waals surface area (Å²) < 4.78 is 43.5. The number of nitrogens with two attached hydrogens (primary N) is 1. The number of fused-ring (bicyclic) bond motifs is 6. The van der Waals surface area contributed by atoms with E-state index in [0.29, 0.717) is 6.42 Å². The molecule has 2 bridgehead atoms. The van der Waals surface area contributed by atoms with Gasteiger partial charge in [-0.25, -0.2) is 4.39 Å². The number of nitrogens with one attached hydrogen (secondary N) is 1. The largest absolute Gasteiger partial charge is 0.399 e. The van der Waals surface area contributed by atoms with Gasteiger partial charge in [-0.3, -0.25) is 9.59 Å². The topological polar surface area (TPSA) is 122 Å². The number of anilines is 2. The second kappa shape index (κ2) is 7.86. The van der Waals surface area contributed by atoms with E-state index in [2.05, 4.69) is 9.71 Å². The Morgan fingerprint density at radius 3 is 2.64 bits per heavy atom. The molecule has 8 nitrogen and oxygen atoms in total. The summed E-state index contributed by atoms with van der Waals surface area (Å²) in [5, 5.41) is 2.95. The summed E-state index contributed by atoms with van der Waals surface area (Å²) in [5.41, 5.74) is 6.38. The zero-order valence-electron chi connectivity index (χ0n) is 19.8. The molecule has 2 aliphatic carbocycles. The van der Waals surface area contributed by atoms with Crippen molar-refractivity contribution in [1.29, 1.82) is 0 Å². The van der Waals surface area contributed by atoms with E-state index in [0.717, 1.165) is 24.8 Å². The first-order valence-electron chi connectivity index (χ1n) is 12.3. The molecule has 2 heterocycles. The summed E-state index contributed by atoms with van der Waals surface area (Å²) in [7, 11) is -4.16. The Hall–Kier alpha value is -3.27. The lowest BCUT2D eigenvalue weighted by Crippen LogP contribution is -2.68. The van der Waals surface area contributed by atoms with E-state index in [1.54, 1.807) is 23.1 Å². The Balaban J connectivity index is 1.46. The zero-order valence-corrected chi connectivity index (χ0v) is 20.6. The molecular weight excluding hydrogens is 483 g/mol. The van der Waals surface area contributed by atoms with Crippen molar-refractivity contribution in [1.82, 2.24) is 4.90 Å². The molecule has 2 aromatic carbocycles.